The first-order valence-electron chi connectivity index (χ1n) is 12.6. The maximum absolute atomic E-state index is 9.10. The van der Waals surface area contributed by atoms with E-state index in [1.165, 1.54) is 11.1 Å². The van der Waals surface area contributed by atoms with Crippen molar-refractivity contribution in [3.63, 3.8) is 0 Å². The van der Waals surface area contributed by atoms with Gasteiger partial charge in [0.05, 0.1) is 17.6 Å². The maximum atomic E-state index is 9.10. The van der Waals surface area contributed by atoms with Crippen LogP contribution >= 0.6 is 0 Å². The number of rotatable bonds is 8. The fourth-order valence-electron chi connectivity index (χ4n) is 4.09. The zero-order chi connectivity index (χ0) is 29.5. The lowest BCUT2D eigenvalue weighted by Crippen LogP contribution is -2.44. The van der Waals surface area contributed by atoms with Gasteiger partial charge in [-0.3, -0.25) is 0 Å². The topological polar surface area (TPSA) is 200 Å². The van der Waals surface area contributed by atoms with Crippen molar-refractivity contribution in [2.45, 2.75) is 44.8 Å². The highest BCUT2D eigenvalue weighted by Gasteiger charge is 2.23. The number of carboxylic acids is 4. The average molecular weight is 559 g/mol. The fraction of sp³-hybridized carbons (Fsp3) is 0.370. The van der Waals surface area contributed by atoms with Gasteiger partial charge in [0.2, 0.25) is 5.95 Å². The van der Waals surface area contributed by atoms with E-state index in [4.69, 9.17) is 49.3 Å². The SMILES string of the molecule is CCOCCn1c(N[C@@H]2CCN[C@H](Cc3ccccc3)C2)nc2ccccc21.O=C(O)C(=O)O.O=C(O)C(=O)O. The zero-order valence-electron chi connectivity index (χ0n) is 22.0. The Morgan fingerprint density at radius 2 is 1.55 bits per heavy atom. The molecule has 2 heterocycles. The van der Waals surface area contributed by atoms with Crippen molar-refractivity contribution in [3.05, 3.63) is 60.2 Å². The van der Waals surface area contributed by atoms with Crippen LogP contribution in [0.3, 0.4) is 0 Å². The molecule has 0 unspecified atom stereocenters. The Labute approximate surface area is 230 Å². The summed E-state index contributed by atoms with van der Waals surface area (Å²) in [5.41, 5.74) is 3.60. The summed E-state index contributed by atoms with van der Waals surface area (Å²) in [5, 5.41) is 37.0. The largest absolute Gasteiger partial charge is 0.473 e. The minimum atomic E-state index is -1.82. The van der Waals surface area contributed by atoms with Crippen molar-refractivity contribution in [2.75, 3.05) is 25.1 Å². The van der Waals surface area contributed by atoms with Crippen LogP contribution in [0.1, 0.15) is 25.3 Å². The highest BCUT2D eigenvalue weighted by atomic mass is 16.5. The number of ether oxygens (including phenoxy) is 1. The number of benzene rings is 2. The number of fused-ring (bicyclic) bond motifs is 1. The lowest BCUT2D eigenvalue weighted by molar-refractivity contribution is -0.159. The number of nitrogens with zero attached hydrogens (tertiary/aromatic N) is 2. The molecule has 40 heavy (non-hydrogen) atoms. The highest BCUT2D eigenvalue weighted by Crippen LogP contribution is 2.23. The second-order valence-electron chi connectivity index (χ2n) is 8.70. The predicted octanol–water partition coefficient (Wildman–Crippen LogP) is 2.16. The van der Waals surface area contributed by atoms with Crippen LogP contribution < -0.4 is 10.6 Å². The standard InChI is InChI=1S/C23H30N4O.2C2H2O4/c1-2-28-15-14-27-22-11-7-6-10-21(22)26-23(27)25-19-12-13-24-20(17-19)16-18-8-4-3-5-9-18;2*3-1(4)2(5)6/h3-11,19-20,24H,2,12-17H2,1H3,(H,25,26);2*(H,3,4)(H,5,6)/t19-,20-;;/m1../s1. The molecule has 1 saturated heterocycles. The van der Waals surface area contributed by atoms with E-state index >= 15 is 0 Å². The van der Waals surface area contributed by atoms with Gasteiger partial charge in [0.1, 0.15) is 0 Å². The van der Waals surface area contributed by atoms with Gasteiger partial charge in [-0.25, -0.2) is 24.2 Å². The van der Waals surface area contributed by atoms with E-state index < -0.39 is 23.9 Å². The number of para-hydroxylation sites is 2. The summed E-state index contributed by atoms with van der Waals surface area (Å²) < 4.78 is 7.86. The summed E-state index contributed by atoms with van der Waals surface area (Å²) in [6.07, 6.45) is 3.28. The molecule has 13 heteroatoms. The normalized spacial score (nSPS) is 16.0. The Morgan fingerprint density at radius 1 is 0.950 bits per heavy atom. The Kier molecular flexibility index (Phi) is 13.1. The molecule has 0 radical (unpaired) electrons. The number of carboxylic acid groups (broad SMARTS) is 4. The molecule has 1 aliphatic heterocycles. The van der Waals surface area contributed by atoms with Gasteiger partial charge in [0.15, 0.2) is 0 Å². The lowest BCUT2D eigenvalue weighted by atomic mass is 9.94. The molecule has 216 valence electrons. The molecule has 6 N–H and O–H groups in total. The first-order valence-corrected chi connectivity index (χ1v) is 12.6. The number of aliphatic carboxylic acids is 4. The molecule has 2 aromatic carbocycles. The fourth-order valence-corrected chi connectivity index (χ4v) is 4.09. The summed E-state index contributed by atoms with van der Waals surface area (Å²) in [6, 6.07) is 20.0. The number of nitrogens with one attached hydrogen (secondary N) is 2. The summed E-state index contributed by atoms with van der Waals surface area (Å²) in [5.74, 6) is -6.33. The zero-order valence-corrected chi connectivity index (χ0v) is 22.0. The third-order valence-corrected chi connectivity index (χ3v) is 5.84. The van der Waals surface area contributed by atoms with Crippen LogP contribution in [0, 0.1) is 0 Å². The number of carbonyl (C=O) groups is 4. The van der Waals surface area contributed by atoms with Gasteiger partial charge < -0.3 is 40.4 Å². The molecule has 4 rings (SSSR count). The van der Waals surface area contributed by atoms with E-state index in [2.05, 4.69) is 63.7 Å². The summed E-state index contributed by atoms with van der Waals surface area (Å²) >= 11 is 0. The molecular formula is C27H34N4O9. The van der Waals surface area contributed by atoms with Crippen molar-refractivity contribution in [3.8, 4) is 0 Å². The first kappa shape index (κ1) is 31.7. The number of hydrogen-bond acceptors (Lipinski definition) is 8. The minimum absolute atomic E-state index is 0.428. The van der Waals surface area contributed by atoms with Gasteiger partial charge in [-0.1, -0.05) is 42.5 Å². The molecule has 3 aromatic rings. The molecule has 0 spiro atoms. The molecule has 1 aromatic heterocycles. The quantitative estimate of drug-likeness (QED) is 0.174. The Hall–Kier alpha value is -4.49. The van der Waals surface area contributed by atoms with Gasteiger partial charge in [-0.15, -0.1) is 0 Å². The van der Waals surface area contributed by atoms with Crippen LogP contribution in [0.4, 0.5) is 5.95 Å². The molecule has 2 atom stereocenters. The first-order chi connectivity index (χ1) is 19.1. The number of piperidine rings is 1. The van der Waals surface area contributed by atoms with E-state index in [-0.39, 0.29) is 0 Å². The van der Waals surface area contributed by atoms with E-state index in [1.54, 1.807) is 0 Å². The number of hydrogen-bond donors (Lipinski definition) is 6. The number of anilines is 1. The second kappa shape index (κ2) is 16.5. The van der Waals surface area contributed by atoms with Crippen molar-refractivity contribution < 1.29 is 44.3 Å². The van der Waals surface area contributed by atoms with Crippen LogP contribution in [0.5, 0.6) is 0 Å². The van der Waals surface area contributed by atoms with Crippen molar-refractivity contribution in [2.24, 2.45) is 0 Å². The smallest absolute Gasteiger partial charge is 0.414 e. The average Bonchev–Trinajstić information content (AvgIpc) is 3.27. The maximum Gasteiger partial charge on any atom is 0.414 e. The van der Waals surface area contributed by atoms with Gasteiger partial charge in [0, 0.05) is 25.2 Å². The Balaban J connectivity index is 0.000000393. The molecular weight excluding hydrogens is 524 g/mol. The van der Waals surface area contributed by atoms with E-state index in [0.717, 1.165) is 50.4 Å². The van der Waals surface area contributed by atoms with Crippen LogP contribution in [0.25, 0.3) is 11.0 Å². The molecule has 0 saturated carbocycles. The number of aromatic nitrogens is 2. The molecule has 1 fully saturated rings. The third kappa shape index (κ3) is 10.7. The second-order valence-corrected chi connectivity index (χ2v) is 8.70. The van der Waals surface area contributed by atoms with Crippen molar-refractivity contribution in [1.29, 1.82) is 0 Å². The summed E-state index contributed by atoms with van der Waals surface area (Å²) in [4.78, 5) is 41.3. The predicted molar refractivity (Wildman–Crippen MR) is 145 cm³/mol. The monoisotopic (exact) mass is 558 g/mol. The number of imidazole rings is 1. The molecule has 0 amide bonds. The van der Waals surface area contributed by atoms with Gasteiger partial charge in [-0.05, 0) is 50.4 Å². The van der Waals surface area contributed by atoms with E-state index in [0.29, 0.717) is 18.7 Å². The van der Waals surface area contributed by atoms with Crippen molar-refractivity contribution >= 4 is 40.9 Å². The van der Waals surface area contributed by atoms with Crippen molar-refractivity contribution in [1.82, 2.24) is 14.9 Å². The Bertz CT molecular complexity index is 1220. The van der Waals surface area contributed by atoms with Gasteiger partial charge in [-0.2, -0.15) is 0 Å². The molecule has 0 bridgehead atoms. The molecule has 0 aliphatic carbocycles. The van der Waals surface area contributed by atoms with E-state index in [9.17, 15) is 0 Å². The minimum Gasteiger partial charge on any atom is -0.473 e. The van der Waals surface area contributed by atoms with E-state index in [1.807, 2.05) is 13.0 Å². The van der Waals surface area contributed by atoms with Crippen LogP contribution in [0.2, 0.25) is 0 Å². The lowest BCUT2D eigenvalue weighted by Gasteiger charge is -2.31. The molecule has 1 aliphatic rings. The van der Waals surface area contributed by atoms with Gasteiger partial charge in [0.25, 0.3) is 0 Å². The third-order valence-electron chi connectivity index (χ3n) is 5.84. The highest BCUT2D eigenvalue weighted by molar-refractivity contribution is 6.27. The molecule has 13 nitrogen and oxygen atoms in total. The van der Waals surface area contributed by atoms with Crippen LogP contribution in [-0.2, 0) is 36.9 Å². The van der Waals surface area contributed by atoms with Crippen LogP contribution in [0.15, 0.2) is 54.6 Å². The Morgan fingerprint density at radius 3 is 2.15 bits per heavy atom. The summed E-state index contributed by atoms with van der Waals surface area (Å²) in [7, 11) is 0. The van der Waals surface area contributed by atoms with Gasteiger partial charge >= 0.3 is 23.9 Å². The van der Waals surface area contributed by atoms with Crippen LogP contribution in [-0.4, -0.2) is 85.7 Å². The summed E-state index contributed by atoms with van der Waals surface area (Å²) in [6.45, 7) is 5.33.